The molecule has 0 aliphatic heterocycles. The number of hydrogen-bond donors (Lipinski definition) is 1. The Morgan fingerprint density at radius 1 is 1.58 bits per heavy atom. The van der Waals surface area contributed by atoms with Crippen LogP contribution in [0.15, 0.2) is 29.0 Å². The van der Waals surface area contributed by atoms with E-state index in [0.717, 1.165) is 15.8 Å². The van der Waals surface area contributed by atoms with Gasteiger partial charge in [0.2, 0.25) is 0 Å². The summed E-state index contributed by atoms with van der Waals surface area (Å²) in [5, 5.41) is 0. The van der Waals surface area contributed by atoms with E-state index < -0.39 is 0 Å². The van der Waals surface area contributed by atoms with Gasteiger partial charge in [-0.25, -0.2) is 4.98 Å². The minimum Gasteiger partial charge on any atom is -0.325 e. The largest absolute Gasteiger partial charge is 0.325 e. The third-order valence-electron chi connectivity index (χ3n) is 1.69. The Hall–Kier alpha value is -0.870. The minimum atomic E-state index is 0.480. The molecule has 0 amide bonds. The molecule has 0 aromatic carbocycles. The molecule has 2 aromatic heterocycles. The number of rotatable bonds is 1. The Balaban J connectivity index is 2.74. The summed E-state index contributed by atoms with van der Waals surface area (Å²) in [5.74, 6) is 0. The highest BCUT2D eigenvalue weighted by Crippen LogP contribution is 2.16. The van der Waals surface area contributed by atoms with E-state index in [1.165, 1.54) is 0 Å². The lowest BCUT2D eigenvalue weighted by molar-refractivity contribution is 1.02. The summed E-state index contributed by atoms with van der Waals surface area (Å²) in [5.41, 5.74) is 7.29. The molecule has 0 saturated carbocycles. The fourth-order valence-corrected chi connectivity index (χ4v) is 1.57. The summed E-state index contributed by atoms with van der Waals surface area (Å²) in [4.78, 5) is 4.32. The van der Waals surface area contributed by atoms with Crippen LogP contribution in [0.3, 0.4) is 0 Å². The molecular weight excluding hydrogens is 218 g/mol. The normalized spacial score (nSPS) is 10.8. The van der Waals surface area contributed by atoms with E-state index >= 15 is 0 Å². The zero-order valence-corrected chi connectivity index (χ0v) is 7.95. The van der Waals surface area contributed by atoms with Crippen LogP contribution in [0.5, 0.6) is 0 Å². The SMILES string of the molecule is NCc1cn2cccc(Br)c2n1. The Bertz CT molecular complexity index is 408. The van der Waals surface area contributed by atoms with Crippen molar-refractivity contribution in [1.82, 2.24) is 9.38 Å². The van der Waals surface area contributed by atoms with E-state index in [1.807, 2.05) is 28.9 Å². The molecule has 2 N–H and O–H groups in total. The van der Waals surface area contributed by atoms with Crippen LogP contribution in [-0.4, -0.2) is 9.38 Å². The quantitative estimate of drug-likeness (QED) is 0.801. The van der Waals surface area contributed by atoms with Crippen LogP contribution in [0, 0.1) is 0 Å². The van der Waals surface area contributed by atoms with Gasteiger partial charge in [0.05, 0.1) is 10.2 Å². The maximum atomic E-state index is 5.47. The zero-order valence-electron chi connectivity index (χ0n) is 6.37. The number of imidazole rings is 1. The third-order valence-corrected chi connectivity index (χ3v) is 2.31. The molecule has 0 aliphatic rings. The van der Waals surface area contributed by atoms with Crippen LogP contribution in [0.25, 0.3) is 5.65 Å². The molecule has 0 radical (unpaired) electrons. The van der Waals surface area contributed by atoms with Gasteiger partial charge in [-0.3, -0.25) is 0 Å². The lowest BCUT2D eigenvalue weighted by Gasteiger charge is -1.92. The highest BCUT2D eigenvalue weighted by molar-refractivity contribution is 9.10. The summed E-state index contributed by atoms with van der Waals surface area (Å²) >= 11 is 3.42. The second-order valence-electron chi connectivity index (χ2n) is 2.52. The summed E-state index contributed by atoms with van der Waals surface area (Å²) in [6, 6.07) is 3.92. The van der Waals surface area contributed by atoms with Crippen LogP contribution < -0.4 is 5.73 Å². The number of fused-ring (bicyclic) bond motifs is 1. The molecule has 2 rings (SSSR count). The van der Waals surface area contributed by atoms with E-state index in [9.17, 15) is 0 Å². The Morgan fingerprint density at radius 2 is 2.42 bits per heavy atom. The topological polar surface area (TPSA) is 43.3 Å². The van der Waals surface area contributed by atoms with E-state index in [4.69, 9.17) is 5.73 Å². The van der Waals surface area contributed by atoms with Crippen molar-refractivity contribution in [3.8, 4) is 0 Å². The summed E-state index contributed by atoms with van der Waals surface area (Å²) in [6.45, 7) is 0.480. The van der Waals surface area contributed by atoms with Gasteiger partial charge < -0.3 is 10.1 Å². The molecule has 12 heavy (non-hydrogen) atoms. The maximum absolute atomic E-state index is 5.47. The maximum Gasteiger partial charge on any atom is 0.151 e. The molecule has 62 valence electrons. The van der Waals surface area contributed by atoms with Gasteiger partial charge in [-0.15, -0.1) is 0 Å². The molecule has 0 fully saturated rings. The van der Waals surface area contributed by atoms with E-state index in [-0.39, 0.29) is 0 Å². The lowest BCUT2D eigenvalue weighted by atomic mass is 10.5. The molecular formula is C8H8BrN3. The first-order valence-electron chi connectivity index (χ1n) is 3.63. The number of nitrogens with zero attached hydrogens (tertiary/aromatic N) is 2. The average Bonchev–Trinajstić information content (AvgIpc) is 2.49. The predicted molar refractivity (Wildman–Crippen MR) is 50.8 cm³/mol. The van der Waals surface area contributed by atoms with Crippen molar-refractivity contribution >= 4 is 21.6 Å². The first-order chi connectivity index (χ1) is 5.81. The van der Waals surface area contributed by atoms with Gasteiger partial charge in [0, 0.05) is 18.9 Å². The second kappa shape index (κ2) is 2.88. The predicted octanol–water partition coefficient (Wildman–Crippen LogP) is 1.56. The fraction of sp³-hybridized carbons (Fsp3) is 0.125. The number of aromatic nitrogens is 2. The fourth-order valence-electron chi connectivity index (χ4n) is 1.13. The number of nitrogens with two attached hydrogens (primary N) is 1. The first-order valence-corrected chi connectivity index (χ1v) is 4.43. The van der Waals surface area contributed by atoms with Gasteiger partial charge in [-0.1, -0.05) is 0 Å². The molecule has 0 spiro atoms. The molecule has 2 aromatic rings. The van der Waals surface area contributed by atoms with Crippen LogP contribution in [0.4, 0.5) is 0 Å². The summed E-state index contributed by atoms with van der Waals surface area (Å²) < 4.78 is 2.94. The van der Waals surface area contributed by atoms with Gasteiger partial charge in [-0.2, -0.15) is 0 Å². The number of hydrogen-bond acceptors (Lipinski definition) is 2. The molecule has 0 saturated heterocycles. The molecule has 2 heterocycles. The van der Waals surface area contributed by atoms with Crippen molar-refractivity contribution in [2.45, 2.75) is 6.54 Å². The Morgan fingerprint density at radius 3 is 3.08 bits per heavy atom. The molecule has 0 bridgehead atoms. The Labute approximate surface area is 78.3 Å². The Kier molecular flexibility index (Phi) is 1.86. The van der Waals surface area contributed by atoms with Crippen molar-refractivity contribution in [2.75, 3.05) is 0 Å². The highest BCUT2D eigenvalue weighted by atomic mass is 79.9. The van der Waals surface area contributed by atoms with Crippen LogP contribution in [-0.2, 0) is 6.54 Å². The van der Waals surface area contributed by atoms with Crippen molar-refractivity contribution in [3.05, 3.63) is 34.7 Å². The van der Waals surface area contributed by atoms with Crippen molar-refractivity contribution in [1.29, 1.82) is 0 Å². The average molecular weight is 226 g/mol. The molecule has 0 atom stereocenters. The standard InChI is InChI=1S/C8H8BrN3/c9-7-2-1-3-12-5-6(4-10)11-8(7)12/h1-3,5H,4,10H2. The van der Waals surface area contributed by atoms with Crippen molar-refractivity contribution in [2.24, 2.45) is 5.73 Å². The van der Waals surface area contributed by atoms with E-state index in [2.05, 4.69) is 20.9 Å². The minimum absolute atomic E-state index is 0.480. The monoisotopic (exact) mass is 225 g/mol. The molecule has 4 heteroatoms. The summed E-state index contributed by atoms with van der Waals surface area (Å²) in [6.07, 6.45) is 3.88. The number of halogens is 1. The molecule has 3 nitrogen and oxygen atoms in total. The van der Waals surface area contributed by atoms with E-state index in [0.29, 0.717) is 6.54 Å². The van der Waals surface area contributed by atoms with Gasteiger partial charge >= 0.3 is 0 Å². The second-order valence-corrected chi connectivity index (χ2v) is 3.38. The van der Waals surface area contributed by atoms with Gasteiger partial charge in [0.15, 0.2) is 5.65 Å². The number of pyridine rings is 1. The molecule has 0 unspecified atom stereocenters. The summed E-state index contributed by atoms with van der Waals surface area (Å²) in [7, 11) is 0. The van der Waals surface area contributed by atoms with Gasteiger partial charge in [0.1, 0.15) is 0 Å². The smallest absolute Gasteiger partial charge is 0.151 e. The van der Waals surface area contributed by atoms with Crippen LogP contribution >= 0.6 is 15.9 Å². The first kappa shape index (κ1) is 7.76. The van der Waals surface area contributed by atoms with Crippen molar-refractivity contribution < 1.29 is 0 Å². The highest BCUT2D eigenvalue weighted by Gasteiger charge is 2.01. The van der Waals surface area contributed by atoms with Gasteiger partial charge in [-0.05, 0) is 28.1 Å². The zero-order chi connectivity index (χ0) is 8.55. The lowest BCUT2D eigenvalue weighted by Crippen LogP contribution is -1.95. The van der Waals surface area contributed by atoms with E-state index in [1.54, 1.807) is 0 Å². The van der Waals surface area contributed by atoms with Crippen LogP contribution in [0.2, 0.25) is 0 Å². The van der Waals surface area contributed by atoms with Crippen LogP contribution in [0.1, 0.15) is 5.69 Å². The third kappa shape index (κ3) is 1.13. The van der Waals surface area contributed by atoms with Crippen molar-refractivity contribution in [3.63, 3.8) is 0 Å². The molecule has 0 aliphatic carbocycles. The van der Waals surface area contributed by atoms with Gasteiger partial charge in [0.25, 0.3) is 0 Å².